The molecule has 1 saturated heterocycles. The maximum atomic E-state index is 13.7. The summed E-state index contributed by atoms with van der Waals surface area (Å²) in [5.41, 5.74) is 6.91. The van der Waals surface area contributed by atoms with Crippen LogP contribution in [-0.4, -0.2) is 34.9 Å². The molecule has 1 N–H and O–H groups in total. The number of fused-ring (bicyclic) bond motifs is 3. The Balaban J connectivity index is 1.36. The maximum absolute atomic E-state index is 13.7. The van der Waals surface area contributed by atoms with Gasteiger partial charge < -0.3 is 10.0 Å². The van der Waals surface area contributed by atoms with Gasteiger partial charge in [0.1, 0.15) is 5.75 Å². The molecule has 2 fully saturated rings. The number of hydrogen-bond donors (Lipinski definition) is 1. The predicted molar refractivity (Wildman–Crippen MR) is 128 cm³/mol. The van der Waals surface area contributed by atoms with Crippen molar-refractivity contribution in [1.29, 1.82) is 5.26 Å². The summed E-state index contributed by atoms with van der Waals surface area (Å²) in [6.07, 6.45) is 6.86. The molecule has 4 nitrogen and oxygen atoms in total. The molecule has 0 bridgehead atoms. The van der Waals surface area contributed by atoms with Gasteiger partial charge in [-0.05, 0) is 97.1 Å². The molecular formula is C29H30N2O2. The van der Waals surface area contributed by atoms with E-state index in [2.05, 4.69) is 30.9 Å². The average molecular weight is 439 g/mol. The van der Waals surface area contributed by atoms with Crippen LogP contribution in [0.15, 0.2) is 35.9 Å². The quantitative estimate of drug-likeness (QED) is 0.674. The van der Waals surface area contributed by atoms with Crippen LogP contribution < -0.4 is 0 Å². The number of allylic oxidation sites excluding steroid dienone is 2. The lowest BCUT2D eigenvalue weighted by atomic mass is 9.67. The van der Waals surface area contributed by atoms with Crippen molar-refractivity contribution < 1.29 is 9.90 Å². The molecule has 6 rings (SSSR count). The number of piperidine rings is 1. The highest BCUT2D eigenvalue weighted by Crippen LogP contribution is 2.51. The van der Waals surface area contributed by atoms with Crippen LogP contribution in [0.4, 0.5) is 0 Å². The third-order valence-corrected chi connectivity index (χ3v) is 8.80. The summed E-state index contributed by atoms with van der Waals surface area (Å²) in [4.78, 5) is 16.3. The van der Waals surface area contributed by atoms with Crippen molar-refractivity contribution >= 4 is 11.4 Å². The van der Waals surface area contributed by atoms with E-state index in [1.807, 2.05) is 12.1 Å². The molecule has 1 saturated carbocycles. The zero-order valence-electron chi connectivity index (χ0n) is 19.4. The highest BCUT2D eigenvalue weighted by molar-refractivity contribution is 6.33. The molecule has 0 amide bonds. The summed E-state index contributed by atoms with van der Waals surface area (Å²) in [6, 6.07) is 12.5. The van der Waals surface area contributed by atoms with Crippen molar-refractivity contribution in [2.45, 2.75) is 69.7 Å². The van der Waals surface area contributed by atoms with E-state index < -0.39 is 0 Å². The van der Waals surface area contributed by atoms with Gasteiger partial charge in [0.2, 0.25) is 0 Å². The molecule has 4 heteroatoms. The van der Waals surface area contributed by atoms with Crippen LogP contribution in [-0.2, 0) is 11.8 Å². The van der Waals surface area contributed by atoms with Gasteiger partial charge in [-0.3, -0.25) is 4.79 Å². The predicted octanol–water partition coefficient (Wildman–Crippen LogP) is 5.48. The van der Waals surface area contributed by atoms with Gasteiger partial charge in [0.15, 0.2) is 5.78 Å². The number of carbonyl (C=O) groups excluding carboxylic acids is 1. The van der Waals surface area contributed by atoms with E-state index in [1.54, 1.807) is 12.1 Å². The number of Topliss-reactive ketones (excluding diaryl/α,β-unsaturated/α-hetero) is 1. The Bertz CT molecular complexity index is 1250. The van der Waals surface area contributed by atoms with Gasteiger partial charge in [-0.15, -0.1) is 0 Å². The Labute approximate surface area is 195 Å². The minimum absolute atomic E-state index is 0.00411. The van der Waals surface area contributed by atoms with Crippen molar-refractivity contribution in [3.8, 4) is 11.8 Å². The zero-order valence-corrected chi connectivity index (χ0v) is 19.4. The Hall–Kier alpha value is -2.90. The monoisotopic (exact) mass is 438 g/mol. The molecule has 4 aliphatic rings. The Morgan fingerprint density at radius 2 is 1.82 bits per heavy atom. The molecule has 3 aliphatic carbocycles. The van der Waals surface area contributed by atoms with Gasteiger partial charge in [0.25, 0.3) is 0 Å². The van der Waals surface area contributed by atoms with Crippen LogP contribution in [0.3, 0.4) is 0 Å². The van der Waals surface area contributed by atoms with Crippen LogP contribution in [0.25, 0.3) is 5.57 Å². The van der Waals surface area contributed by atoms with E-state index >= 15 is 0 Å². The Morgan fingerprint density at radius 1 is 1.06 bits per heavy atom. The Morgan fingerprint density at radius 3 is 2.48 bits per heavy atom. The normalized spacial score (nSPS) is 22.4. The number of carbonyl (C=O) groups is 1. The molecule has 33 heavy (non-hydrogen) atoms. The Kier molecular flexibility index (Phi) is 4.58. The van der Waals surface area contributed by atoms with E-state index in [0.29, 0.717) is 23.5 Å². The number of phenolic OH excluding ortho intramolecular Hbond substituents is 1. The molecule has 1 aliphatic heterocycles. The lowest BCUT2D eigenvalue weighted by Gasteiger charge is -2.42. The molecule has 1 heterocycles. The largest absolute Gasteiger partial charge is 0.508 e. The van der Waals surface area contributed by atoms with Crippen molar-refractivity contribution in [1.82, 2.24) is 4.90 Å². The number of likely N-dealkylation sites (tertiary alicyclic amines) is 1. The fraction of sp³-hybridized carbons (Fsp3) is 0.448. The van der Waals surface area contributed by atoms with Gasteiger partial charge in [0, 0.05) is 22.6 Å². The lowest BCUT2D eigenvalue weighted by molar-refractivity contribution is 0.0971. The fourth-order valence-corrected chi connectivity index (χ4v) is 6.55. The van der Waals surface area contributed by atoms with Crippen LogP contribution in [0, 0.1) is 11.3 Å². The molecule has 2 aromatic carbocycles. The maximum Gasteiger partial charge on any atom is 0.194 e. The molecule has 0 atom stereocenters. The van der Waals surface area contributed by atoms with Gasteiger partial charge >= 0.3 is 0 Å². The van der Waals surface area contributed by atoms with Crippen molar-refractivity contribution in [3.63, 3.8) is 0 Å². The first-order valence-corrected chi connectivity index (χ1v) is 12.3. The third-order valence-electron chi connectivity index (χ3n) is 8.80. The SMILES string of the molecule is CC1(C)C2=C(C(=O)c3cc(O)c(C4CCN(C5CCC5)CC4)cc31)c1ccc(C#N)cc1C2. The molecule has 0 unspecified atom stereocenters. The minimum atomic E-state index is -0.306. The summed E-state index contributed by atoms with van der Waals surface area (Å²) >= 11 is 0. The second-order valence-electron chi connectivity index (χ2n) is 10.8. The zero-order chi connectivity index (χ0) is 22.9. The first-order chi connectivity index (χ1) is 15.9. The number of benzene rings is 2. The lowest BCUT2D eigenvalue weighted by Crippen LogP contribution is -2.44. The van der Waals surface area contributed by atoms with Crippen LogP contribution in [0.1, 0.15) is 90.0 Å². The van der Waals surface area contributed by atoms with Gasteiger partial charge in [-0.2, -0.15) is 5.26 Å². The summed E-state index contributed by atoms with van der Waals surface area (Å²) < 4.78 is 0. The highest BCUT2D eigenvalue weighted by Gasteiger charge is 2.43. The van der Waals surface area contributed by atoms with Crippen molar-refractivity contribution in [3.05, 3.63) is 69.3 Å². The number of aromatic hydroxyl groups is 1. The summed E-state index contributed by atoms with van der Waals surface area (Å²) in [5.74, 6) is 0.610. The average Bonchev–Trinajstić information content (AvgIpc) is 3.17. The van der Waals surface area contributed by atoms with Crippen molar-refractivity contribution in [2.24, 2.45) is 0 Å². The van der Waals surface area contributed by atoms with Gasteiger partial charge in [0.05, 0.1) is 11.6 Å². The van der Waals surface area contributed by atoms with Gasteiger partial charge in [-0.1, -0.05) is 32.4 Å². The standard InChI is InChI=1S/C29H30N2O2/c1-29(2)24-14-22(18-8-10-31(11-9-18)20-4-3-5-20)26(32)15-23(24)28(33)27-21-7-6-17(16-30)12-19(21)13-25(27)29/h6-7,12,14-15,18,20,32H,3-5,8-11,13H2,1-2H3. The fourth-order valence-electron chi connectivity index (χ4n) is 6.55. The van der Waals surface area contributed by atoms with E-state index in [9.17, 15) is 15.2 Å². The number of nitriles is 1. The number of nitrogens with zero attached hydrogens (tertiary/aromatic N) is 2. The molecular weight excluding hydrogens is 408 g/mol. The van der Waals surface area contributed by atoms with E-state index in [-0.39, 0.29) is 16.9 Å². The second kappa shape index (κ2) is 7.30. The highest BCUT2D eigenvalue weighted by atomic mass is 16.3. The summed E-state index contributed by atoms with van der Waals surface area (Å²) in [7, 11) is 0. The van der Waals surface area contributed by atoms with Crippen molar-refractivity contribution in [2.75, 3.05) is 13.1 Å². The number of rotatable bonds is 2. The molecule has 168 valence electrons. The smallest absolute Gasteiger partial charge is 0.194 e. The number of hydrogen-bond acceptors (Lipinski definition) is 4. The first kappa shape index (κ1) is 20.7. The molecule has 0 aromatic heterocycles. The summed E-state index contributed by atoms with van der Waals surface area (Å²) in [6.45, 7) is 6.59. The molecule has 0 radical (unpaired) electrons. The molecule has 0 spiro atoms. The first-order valence-electron chi connectivity index (χ1n) is 12.3. The third kappa shape index (κ3) is 3.02. The van der Waals surface area contributed by atoms with Crippen LogP contribution in [0.5, 0.6) is 5.75 Å². The van der Waals surface area contributed by atoms with Gasteiger partial charge in [-0.25, -0.2) is 0 Å². The number of phenols is 1. The van der Waals surface area contributed by atoms with E-state index in [1.165, 1.54) is 19.3 Å². The topological polar surface area (TPSA) is 64.3 Å². The number of ketones is 1. The summed E-state index contributed by atoms with van der Waals surface area (Å²) in [5, 5.41) is 20.3. The second-order valence-corrected chi connectivity index (χ2v) is 10.8. The van der Waals surface area contributed by atoms with E-state index in [0.717, 1.165) is 65.4 Å². The van der Waals surface area contributed by atoms with Crippen LogP contribution >= 0.6 is 0 Å². The molecule has 2 aromatic rings. The minimum Gasteiger partial charge on any atom is -0.508 e. The van der Waals surface area contributed by atoms with E-state index in [4.69, 9.17) is 0 Å². The van der Waals surface area contributed by atoms with Crippen LogP contribution in [0.2, 0.25) is 0 Å².